The lowest BCUT2D eigenvalue weighted by Gasteiger charge is -2.22. The number of nitrogens with zero attached hydrogens (tertiary/aromatic N) is 2. The molecule has 0 radical (unpaired) electrons. The summed E-state index contributed by atoms with van der Waals surface area (Å²) in [6.45, 7) is 1.08. The second-order valence-corrected chi connectivity index (χ2v) is 7.15. The lowest BCUT2D eigenvalue weighted by atomic mass is 10.3. The van der Waals surface area contributed by atoms with Crippen LogP contribution in [0.5, 0.6) is 0 Å². The van der Waals surface area contributed by atoms with Gasteiger partial charge < -0.3 is 4.90 Å². The summed E-state index contributed by atoms with van der Waals surface area (Å²) in [5.41, 5.74) is 0. The van der Waals surface area contributed by atoms with Gasteiger partial charge in [-0.25, -0.2) is 17.2 Å². The molecule has 9 heteroatoms. The van der Waals surface area contributed by atoms with Crippen LogP contribution in [0.1, 0.15) is 6.92 Å². The number of likely N-dealkylation sites (N-methyl/N-ethyl adjacent to an activating group) is 2. The fraction of sp³-hybridized carbons (Fsp3) is 0.417. The molecule has 118 valence electrons. The molecule has 5 nitrogen and oxygen atoms in total. The minimum Gasteiger partial charge on any atom is -0.348 e. The number of benzene rings is 1. The topological polar surface area (TPSA) is 57.7 Å². The van der Waals surface area contributed by atoms with Crippen LogP contribution in [0, 0.1) is 11.6 Å². The van der Waals surface area contributed by atoms with Gasteiger partial charge in [-0.1, -0.05) is 6.92 Å². The van der Waals surface area contributed by atoms with Crippen molar-refractivity contribution in [1.82, 2.24) is 9.21 Å². The molecule has 0 saturated heterocycles. The number of carbonyl (C=O) groups excluding carboxylic acids is 1. The second-order valence-electron chi connectivity index (χ2n) is 4.42. The zero-order chi connectivity index (χ0) is 16.4. The van der Waals surface area contributed by atoms with Gasteiger partial charge in [0.25, 0.3) is 0 Å². The quantitative estimate of drug-likeness (QED) is 0.777. The van der Waals surface area contributed by atoms with Crippen LogP contribution in [0.3, 0.4) is 0 Å². The number of hydrogen-bond donors (Lipinski definition) is 0. The first-order chi connectivity index (χ1) is 9.61. The lowest BCUT2D eigenvalue weighted by Crippen LogP contribution is -2.40. The predicted molar refractivity (Wildman–Crippen MR) is 77.2 cm³/mol. The van der Waals surface area contributed by atoms with Gasteiger partial charge in [0.2, 0.25) is 15.9 Å². The molecule has 0 unspecified atom stereocenters. The van der Waals surface area contributed by atoms with E-state index in [-0.39, 0.29) is 11.0 Å². The molecule has 1 rings (SSSR count). The van der Waals surface area contributed by atoms with Gasteiger partial charge in [0.05, 0.1) is 6.54 Å². The highest BCUT2D eigenvalue weighted by atomic mass is 79.9. The van der Waals surface area contributed by atoms with E-state index in [1.54, 1.807) is 0 Å². The van der Waals surface area contributed by atoms with Gasteiger partial charge in [-0.15, -0.1) is 0 Å². The molecule has 1 amide bonds. The summed E-state index contributed by atoms with van der Waals surface area (Å²) >= 11 is 2.85. The molecule has 0 aliphatic heterocycles. The SMILES string of the molecule is CCN(CC(=O)N(C)C)S(=O)(=O)c1c(F)cc(F)cc1Br. The summed E-state index contributed by atoms with van der Waals surface area (Å²) in [5.74, 6) is -2.55. The molecule has 0 N–H and O–H groups in total. The maximum atomic E-state index is 13.8. The smallest absolute Gasteiger partial charge is 0.247 e. The number of halogens is 3. The third-order valence-corrected chi connectivity index (χ3v) is 5.61. The molecule has 0 fully saturated rings. The van der Waals surface area contributed by atoms with Gasteiger partial charge in [-0.2, -0.15) is 4.31 Å². The number of carbonyl (C=O) groups is 1. The highest BCUT2D eigenvalue weighted by molar-refractivity contribution is 9.10. The maximum Gasteiger partial charge on any atom is 0.247 e. The van der Waals surface area contributed by atoms with Crippen molar-refractivity contribution in [2.45, 2.75) is 11.8 Å². The summed E-state index contributed by atoms with van der Waals surface area (Å²) < 4.78 is 52.4. The average Bonchev–Trinajstić information content (AvgIpc) is 2.33. The molecular weight excluding hydrogens is 370 g/mol. The van der Waals surface area contributed by atoms with E-state index in [1.165, 1.54) is 25.9 Å². The van der Waals surface area contributed by atoms with Crippen LogP contribution in [0.15, 0.2) is 21.5 Å². The first kappa shape index (κ1) is 18.0. The first-order valence-electron chi connectivity index (χ1n) is 5.96. The molecule has 1 aromatic carbocycles. The van der Waals surface area contributed by atoms with E-state index < -0.39 is 39.0 Å². The van der Waals surface area contributed by atoms with Crippen molar-refractivity contribution in [3.8, 4) is 0 Å². The molecule has 0 aliphatic rings. The van der Waals surface area contributed by atoms with Crippen LogP contribution in [0.25, 0.3) is 0 Å². The third-order valence-electron chi connectivity index (χ3n) is 2.72. The molecule has 0 saturated carbocycles. The Bertz CT molecular complexity index is 627. The maximum absolute atomic E-state index is 13.8. The van der Waals surface area contributed by atoms with Crippen molar-refractivity contribution in [1.29, 1.82) is 0 Å². The second kappa shape index (κ2) is 6.80. The Balaban J connectivity index is 3.29. The van der Waals surface area contributed by atoms with Crippen LogP contribution in [0.2, 0.25) is 0 Å². The summed E-state index contributed by atoms with van der Waals surface area (Å²) in [6, 6.07) is 1.34. The van der Waals surface area contributed by atoms with E-state index in [0.717, 1.165) is 10.4 Å². The number of sulfonamides is 1. The van der Waals surface area contributed by atoms with Gasteiger partial charge in [-0.05, 0) is 22.0 Å². The highest BCUT2D eigenvalue weighted by Crippen LogP contribution is 2.28. The van der Waals surface area contributed by atoms with Crippen molar-refractivity contribution < 1.29 is 22.0 Å². The van der Waals surface area contributed by atoms with Crippen LogP contribution in [-0.2, 0) is 14.8 Å². The molecule has 0 aliphatic carbocycles. The van der Waals surface area contributed by atoms with Crippen LogP contribution in [-0.4, -0.2) is 50.7 Å². The highest BCUT2D eigenvalue weighted by Gasteiger charge is 2.31. The summed E-state index contributed by atoms with van der Waals surface area (Å²) in [4.78, 5) is 12.2. The monoisotopic (exact) mass is 384 g/mol. The summed E-state index contributed by atoms with van der Waals surface area (Å²) in [7, 11) is -1.29. The lowest BCUT2D eigenvalue weighted by molar-refractivity contribution is -0.128. The van der Waals surface area contributed by atoms with Crippen LogP contribution < -0.4 is 0 Å². The fourth-order valence-electron chi connectivity index (χ4n) is 1.56. The van der Waals surface area contributed by atoms with Gasteiger partial charge in [0.15, 0.2) is 0 Å². The van der Waals surface area contributed by atoms with E-state index in [9.17, 15) is 22.0 Å². The van der Waals surface area contributed by atoms with Crippen molar-refractivity contribution in [3.63, 3.8) is 0 Å². The van der Waals surface area contributed by atoms with E-state index >= 15 is 0 Å². The summed E-state index contributed by atoms with van der Waals surface area (Å²) in [5, 5.41) is 0. The Hall–Kier alpha value is -1.06. The predicted octanol–water partition coefficient (Wildman–Crippen LogP) is 1.83. The van der Waals surface area contributed by atoms with E-state index in [2.05, 4.69) is 15.9 Å². The average molecular weight is 385 g/mol. The Morgan fingerprint density at radius 3 is 2.29 bits per heavy atom. The van der Waals surface area contributed by atoms with Crippen molar-refractivity contribution >= 4 is 31.9 Å². The van der Waals surface area contributed by atoms with Crippen molar-refractivity contribution in [3.05, 3.63) is 28.2 Å². The summed E-state index contributed by atoms with van der Waals surface area (Å²) in [6.07, 6.45) is 0. The number of hydrogen-bond acceptors (Lipinski definition) is 3. The zero-order valence-electron chi connectivity index (χ0n) is 11.7. The minimum absolute atomic E-state index is 0.0226. The normalized spacial score (nSPS) is 11.8. The third kappa shape index (κ3) is 3.98. The molecule has 0 atom stereocenters. The number of rotatable bonds is 5. The van der Waals surface area contributed by atoms with Crippen molar-refractivity contribution in [2.75, 3.05) is 27.2 Å². The Morgan fingerprint density at radius 1 is 1.29 bits per heavy atom. The molecule has 1 aromatic rings. The Kier molecular flexibility index (Phi) is 5.83. The standard InChI is InChI=1S/C12H15BrF2N2O3S/c1-4-17(7-11(18)16(2)3)21(19,20)12-9(13)5-8(14)6-10(12)15/h5-6H,4,7H2,1-3H3. The van der Waals surface area contributed by atoms with Gasteiger partial charge in [-0.3, -0.25) is 4.79 Å². The van der Waals surface area contributed by atoms with E-state index in [1.807, 2.05) is 0 Å². The molecule has 0 aromatic heterocycles. The molecule has 21 heavy (non-hydrogen) atoms. The first-order valence-corrected chi connectivity index (χ1v) is 8.19. The largest absolute Gasteiger partial charge is 0.348 e. The molecule has 0 spiro atoms. The van der Waals surface area contributed by atoms with Gasteiger partial charge in [0.1, 0.15) is 16.5 Å². The van der Waals surface area contributed by atoms with Crippen LogP contribution >= 0.6 is 15.9 Å². The van der Waals surface area contributed by atoms with Crippen LogP contribution in [0.4, 0.5) is 8.78 Å². The van der Waals surface area contributed by atoms with E-state index in [0.29, 0.717) is 6.07 Å². The minimum atomic E-state index is -4.26. The zero-order valence-corrected chi connectivity index (χ0v) is 14.1. The molecular formula is C12H15BrF2N2O3S. The molecule has 0 bridgehead atoms. The Morgan fingerprint density at radius 2 is 1.86 bits per heavy atom. The van der Waals surface area contributed by atoms with E-state index in [4.69, 9.17) is 0 Å². The van der Waals surface area contributed by atoms with Gasteiger partial charge in [0, 0.05) is 31.2 Å². The molecule has 0 heterocycles. The van der Waals surface area contributed by atoms with Gasteiger partial charge >= 0.3 is 0 Å². The van der Waals surface area contributed by atoms with Crippen molar-refractivity contribution in [2.24, 2.45) is 0 Å². The fourth-order valence-corrected chi connectivity index (χ4v) is 4.07. The number of amides is 1. The Labute approximate surface area is 130 Å².